The predicted octanol–water partition coefficient (Wildman–Crippen LogP) is 1.78. The summed E-state index contributed by atoms with van der Waals surface area (Å²) in [6, 6.07) is -0.0818. The lowest BCUT2D eigenvalue weighted by Gasteiger charge is -2.43. The maximum absolute atomic E-state index is 12.3. The third kappa shape index (κ3) is 3.62. The van der Waals surface area contributed by atoms with Crippen LogP contribution >= 0.6 is 0 Å². The molecule has 1 spiro atoms. The Morgan fingerprint density at radius 3 is 2.55 bits per heavy atom. The SMILES string of the molecule is COC[C@@H]1CC2(CCN1C(=O)OC(C)(C)C)OCCO2. The van der Waals surface area contributed by atoms with Crippen LogP contribution < -0.4 is 0 Å². The monoisotopic (exact) mass is 287 g/mol. The molecule has 0 N–H and O–H groups in total. The second kappa shape index (κ2) is 5.87. The highest BCUT2D eigenvalue weighted by Gasteiger charge is 2.46. The van der Waals surface area contributed by atoms with Crippen molar-refractivity contribution in [3.05, 3.63) is 0 Å². The van der Waals surface area contributed by atoms with E-state index in [9.17, 15) is 4.79 Å². The Bertz CT molecular complexity index is 346. The van der Waals surface area contributed by atoms with Crippen molar-refractivity contribution in [3.8, 4) is 0 Å². The Hall–Kier alpha value is -0.850. The van der Waals surface area contributed by atoms with Crippen LogP contribution in [0.25, 0.3) is 0 Å². The molecule has 0 unspecified atom stereocenters. The summed E-state index contributed by atoms with van der Waals surface area (Å²) in [4.78, 5) is 14.0. The number of methoxy groups -OCH3 is 1. The van der Waals surface area contributed by atoms with Crippen LogP contribution in [-0.4, -0.2) is 61.9 Å². The minimum absolute atomic E-state index is 0.0818. The predicted molar refractivity (Wildman–Crippen MR) is 72.5 cm³/mol. The van der Waals surface area contributed by atoms with Gasteiger partial charge in [-0.3, -0.25) is 0 Å². The molecule has 0 aliphatic carbocycles. The molecule has 6 nitrogen and oxygen atoms in total. The van der Waals surface area contributed by atoms with Gasteiger partial charge in [-0.05, 0) is 20.8 Å². The van der Waals surface area contributed by atoms with Crippen molar-refractivity contribution < 1.29 is 23.7 Å². The third-order valence-corrected chi connectivity index (χ3v) is 3.52. The van der Waals surface area contributed by atoms with Gasteiger partial charge < -0.3 is 23.8 Å². The molecule has 2 rings (SSSR count). The number of carbonyl (C=O) groups is 1. The summed E-state index contributed by atoms with van der Waals surface area (Å²) < 4.78 is 22.1. The maximum atomic E-state index is 12.3. The molecule has 2 fully saturated rings. The molecule has 0 aromatic carbocycles. The fraction of sp³-hybridized carbons (Fsp3) is 0.929. The fourth-order valence-corrected chi connectivity index (χ4v) is 2.71. The van der Waals surface area contributed by atoms with Crippen molar-refractivity contribution in [2.24, 2.45) is 0 Å². The Balaban J connectivity index is 2.03. The lowest BCUT2D eigenvalue weighted by Crippen LogP contribution is -2.55. The van der Waals surface area contributed by atoms with Gasteiger partial charge in [-0.2, -0.15) is 0 Å². The maximum Gasteiger partial charge on any atom is 0.410 e. The fourth-order valence-electron chi connectivity index (χ4n) is 2.71. The van der Waals surface area contributed by atoms with Crippen LogP contribution in [0.5, 0.6) is 0 Å². The summed E-state index contributed by atoms with van der Waals surface area (Å²) in [6.45, 7) is 7.84. The molecule has 2 heterocycles. The summed E-state index contributed by atoms with van der Waals surface area (Å²) in [6.07, 6.45) is 0.999. The second-order valence-corrected chi connectivity index (χ2v) is 6.34. The van der Waals surface area contributed by atoms with E-state index in [1.54, 1.807) is 12.0 Å². The van der Waals surface area contributed by atoms with E-state index in [-0.39, 0.29) is 12.1 Å². The number of hydrogen-bond donors (Lipinski definition) is 0. The molecule has 0 aromatic rings. The topological polar surface area (TPSA) is 57.2 Å². The van der Waals surface area contributed by atoms with E-state index in [1.807, 2.05) is 20.8 Å². The Kier molecular flexibility index (Phi) is 4.56. The van der Waals surface area contributed by atoms with Crippen LogP contribution in [0.3, 0.4) is 0 Å². The Labute approximate surface area is 120 Å². The lowest BCUT2D eigenvalue weighted by molar-refractivity contribution is -0.197. The van der Waals surface area contributed by atoms with Gasteiger partial charge in [0.05, 0.1) is 25.9 Å². The molecule has 2 aliphatic heterocycles. The zero-order chi connectivity index (χ0) is 14.8. The third-order valence-electron chi connectivity index (χ3n) is 3.52. The molecule has 0 saturated carbocycles. The first kappa shape index (κ1) is 15.5. The Morgan fingerprint density at radius 2 is 2.00 bits per heavy atom. The molecule has 1 amide bonds. The van der Waals surface area contributed by atoms with E-state index in [1.165, 1.54) is 0 Å². The highest BCUT2D eigenvalue weighted by molar-refractivity contribution is 5.68. The summed E-state index contributed by atoms with van der Waals surface area (Å²) in [5.74, 6) is -0.540. The van der Waals surface area contributed by atoms with Crippen molar-refractivity contribution in [2.45, 2.75) is 51.0 Å². The minimum atomic E-state index is -0.540. The molecule has 20 heavy (non-hydrogen) atoms. The number of ether oxygens (including phenoxy) is 4. The number of carbonyl (C=O) groups excluding carboxylic acids is 1. The van der Waals surface area contributed by atoms with Crippen LogP contribution in [0, 0.1) is 0 Å². The summed E-state index contributed by atoms with van der Waals surface area (Å²) >= 11 is 0. The van der Waals surface area contributed by atoms with Gasteiger partial charge in [0.2, 0.25) is 0 Å². The largest absolute Gasteiger partial charge is 0.444 e. The van der Waals surface area contributed by atoms with Gasteiger partial charge in [0.1, 0.15) is 5.60 Å². The van der Waals surface area contributed by atoms with Gasteiger partial charge in [-0.25, -0.2) is 4.79 Å². The quantitative estimate of drug-likeness (QED) is 0.775. The molecule has 0 aromatic heterocycles. The van der Waals surface area contributed by atoms with E-state index in [0.717, 1.165) is 0 Å². The Morgan fingerprint density at radius 1 is 1.35 bits per heavy atom. The number of hydrogen-bond acceptors (Lipinski definition) is 5. The van der Waals surface area contributed by atoms with Crippen LogP contribution in [0.1, 0.15) is 33.6 Å². The number of piperidine rings is 1. The molecule has 0 bridgehead atoms. The van der Waals surface area contributed by atoms with Crippen LogP contribution in [0.4, 0.5) is 4.79 Å². The highest BCUT2D eigenvalue weighted by Crippen LogP contribution is 2.35. The van der Waals surface area contributed by atoms with Gasteiger partial charge in [0, 0.05) is 26.5 Å². The molecule has 6 heteroatoms. The van der Waals surface area contributed by atoms with Crippen LogP contribution in [0.15, 0.2) is 0 Å². The molecule has 116 valence electrons. The lowest BCUT2D eigenvalue weighted by atomic mass is 9.96. The molecule has 2 saturated heterocycles. The van der Waals surface area contributed by atoms with Crippen molar-refractivity contribution in [3.63, 3.8) is 0 Å². The van der Waals surface area contributed by atoms with E-state index < -0.39 is 11.4 Å². The second-order valence-electron chi connectivity index (χ2n) is 6.34. The van der Waals surface area contributed by atoms with E-state index in [4.69, 9.17) is 18.9 Å². The average molecular weight is 287 g/mol. The first-order chi connectivity index (χ1) is 9.35. The summed E-state index contributed by atoms with van der Waals surface area (Å²) in [5.41, 5.74) is -0.496. The standard InChI is InChI=1S/C14H25NO5/c1-13(2,3)20-12(16)15-6-5-14(18-7-8-19-14)9-11(15)10-17-4/h11H,5-10H2,1-4H3/t11-/m0/s1. The van der Waals surface area contributed by atoms with Crippen LogP contribution in [0.2, 0.25) is 0 Å². The normalized spacial score (nSPS) is 26.0. The van der Waals surface area contributed by atoms with E-state index in [2.05, 4.69) is 0 Å². The number of nitrogens with zero attached hydrogens (tertiary/aromatic N) is 1. The van der Waals surface area contributed by atoms with Gasteiger partial charge >= 0.3 is 6.09 Å². The van der Waals surface area contributed by atoms with Crippen molar-refractivity contribution in [2.75, 3.05) is 33.5 Å². The number of likely N-dealkylation sites (tertiary alicyclic amines) is 1. The van der Waals surface area contributed by atoms with E-state index in [0.29, 0.717) is 39.2 Å². The average Bonchev–Trinajstić information content (AvgIpc) is 2.75. The summed E-state index contributed by atoms with van der Waals surface area (Å²) in [7, 11) is 1.63. The zero-order valence-electron chi connectivity index (χ0n) is 12.8. The highest BCUT2D eigenvalue weighted by atomic mass is 16.7. The molecule has 2 aliphatic rings. The number of amides is 1. The van der Waals surface area contributed by atoms with E-state index >= 15 is 0 Å². The zero-order valence-corrected chi connectivity index (χ0v) is 12.8. The van der Waals surface area contributed by atoms with Gasteiger partial charge in [-0.15, -0.1) is 0 Å². The molecule has 0 radical (unpaired) electrons. The van der Waals surface area contributed by atoms with Gasteiger partial charge in [-0.1, -0.05) is 0 Å². The molecular weight excluding hydrogens is 262 g/mol. The van der Waals surface area contributed by atoms with Crippen molar-refractivity contribution >= 4 is 6.09 Å². The summed E-state index contributed by atoms with van der Waals surface area (Å²) in [5, 5.41) is 0. The van der Waals surface area contributed by atoms with Crippen molar-refractivity contribution in [1.29, 1.82) is 0 Å². The van der Waals surface area contributed by atoms with Crippen LogP contribution in [-0.2, 0) is 18.9 Å². The van der Waals surface area contributed by atoms with Crippen molar-refractivity contribution in [1.82, 2.24) is 4.90 Å². The number of rotatable bonds is 2. The first-order valence-corrected chi connectivity index (χ1v) is 7.12. The molecular formula is C14H25NO5. The molecule has 1 atom stereocenters. The first-order valence-electron chi connectivity index (χ1n) is 7.12. The minimum Gasteiger partial charge on any atom is -0.444 e. The smallest absolute Gasteiger partial charge is 0.410 e. The van der Waals surface area contributed by atoms with Gasteiger partial charge in [0.25, 0.3) is 0 Å². The van der Waals surface area contributed by atoms with Gasteiger partial charge in [0.15, 0.2) is 5.79 Å².